The first-order chi connectivity index (χ1) is 32.4. The van der Waals surface area contributed by atoms with Crippen LogP contribution in [0, 0.1) is 0 Å². The summed E-state index contributed by atoms with van der Waals surface area (Å²) in [7, 11) is 0. The average Bonchev–Trinajstić information content (AvgIpc) is 3.33. The van der Waals surface area contributed by atoms with Gasteiger partial charge in [-0.3, -0.25) is 0 Å². The fourth-order valence-corrected chi connectivity index (χ4v) is 7.98. The van der Waals surface area contributed by atoms with E-state index in [1.54, 1.807) is 0 Å². The summed E-state index contributed by atoms with van der Waals surface area (Å²) in [6, 6.07) is 20.4. The van der Waals surface area contributed by atoms with Crippen LogP contribution in [0.4, 0.5) is 17.8 Å². The Morgan fingerprint density at radius 1 is 0.348 bits per heavy atom. The van der Waals surface area contributed by atoms with Crippen molar-refractivity contribution in [2.45, 2.75) is 215 Å². The van der Waals surface area contributed by atoms with Crippen molar-refractivity contribution in [1.29, 1.82) is 0 Å². The van der Waals surface area contributed by atoms with Gasteiger partial charge in [-0.2, -0.15) is 15.0 Å². The first-order valence-corrected chi connectivity index (χ1v) is 26.7. The summed E-state index contributed by atoms with van der Waals surface area (Å²) in [4.78, 5) is 14.4. The van der Waals surface area contributed by atoms with Crippen molar-refractivity contribution in [3.63, 3.8) is 0 Å². The van der Waals surface area contributed by atoms with Gasteiger partial charge in [0.05, 0.1) is 19.8 Å². The normalized spacial score (nSPS) is 12.8. The van der Waals surface area contributed by atoms with Gasteiger partial charge in [-0.05, 0) is 125 Å². The zero-order valence-corrected chi connectivity index (χ0v) is 46.9. The molecule has 0 bridgehead atoms. The molecule has 0 spiro atoms. The number of aromatic nitrogens is 3. The van der Waals surface area contributed by atoms with Gasteiger partial charge in [-0.25, -0.2) is 0 Å². The Balaban J connectivity index is 1.45. The largest absolute Gasteiger partial charge is 0.493 e. The highest BCUT2D eigenvalue weighted by Crippen LogP contribution is 2.41. The molecule has 0 atom stereocenters. The summed E-state index contributed by atoms with van der Waals surface area (Å²) in [5.74, 6) is 4.45. The Bertz CT molecular complexity index is 1970. The lowest BCUT2D eigenvalue weighted by molar-refractivity contribution is 0.303. The molecule has 0 saturated heterocycles. The zero-order valence-electron chi connectivity index (χ0n) is 46.9. The summed E-state index contributed by atoms with van der Waals surface area (Å²) in [6.07, 6.45) is 8.66. The number of benzene rings is 3. The van der Waals surface area contributed by atoms with E-state index in [9.17, 15) is 0 Å². The van der Waals surface area contributed by atoms with Crippen LogP contribution >= 0.6 is 0 Å². The summed E-state index contributed by atoms with van der Waals surface area (Å²) < 4.78 is 19.5. The summed E-state index contributed by atoms with van der Waals surface area (Å²) in [5, 5.41) is 10.4. The van der Waals surface area contributed by atoms with Crippen molar-refractivity contribution in [2.75, 3.05) is 55.4 Å². The lowest BCUT2D eigenvalue weighted by Crippen LogP contribution is -2.21. The topological polar surface area (TPSA) is 102 Å². The molecule has 0 aliphatic heterocycles. The lowest BCUT2D eigenvalue weighted by atomic mass is 9.76. The predicted octanol–water partition coefficient (Wildman–Crippen LogP) is 15.6. The van der Waals surface area contributed by atoms with Crippen LogP contribution in [-0.4, -0.2) is 54.4 Å². The third-order valence-corrected chi connectivity index (χ3v) is 16.0. The van der Waals surface area contributed by atoms with Gasteiger partial charge in [0.1, 0.15) is 17.2 Å². The van der Waals surface area contributed by atoms with E-state index in [0.717, 1.165) is 75.0 Å². The molecular formula is C60H96N6O3. The molecular weight excluding hydrogens is 853 g/mol. The van der Waals surface area contributed by atoms with Crippen molar-refractivity contribution >= 4 is 17.8 Å². The monoisotopic (exact) mass is 949 g/mol. The Hall–Kier alpha value is -4.53. The second kappa shape index (κ2) is 24.5. The van der Waals surface area contributed by atoms with Gasteiger partial charge in [0.2, 0.25) is 17.8 Å². The molecule has 0 aliphatic carbocycles. The number of hydrogen-bond acceptors (Lipinski definition) is 9. The van der Waals surface area contributed by atoms with Crippen LogP contribution in [-0.2, 0) is 32.5 Å². The van der Waals surface area contributed by atoms with E-state index in [0.29, 0.717) is 57.3 Å². The fourth-order valence-electron chi connectivity index (χ4n) is 7.98. The lowest BCUT2D eigenvalue weighted by Gasteiger charge is -2.30. The molecule has 9 heteroatoms. The van der Waals surface area contributed by atoms with Gasteiger partial charge in [0.25, 0.3) is 0 Å². The number of anilines is 3. The minimum absolute atomic E-state index is 0.00178. The van der Waals surface area contributed by atoms with E-state index in [1.165, 1.54) is 33.4 Å². The molecule has 69 heavy (non-hydrogen) atoms. The van der Waals surface area contributed by atoms with Crippen molar-refractivity contribution in [3.8, 4) is 17.2 Å². The van der Waals surface area contributed by atoms with Crippen LogP contribution in [0.15, 0.2) is 54.6 Å². The van der Waals surface area contributed by atoms with E-state index < -0.39 is 0 Å². The zero-order chi connectivity index (χ0) is 51.3. The highest BCUT2D eigenvalue weighted by molar-refractivity contribution is 5.47. The average molecular weight is 949 g/mol. The first kappa shape index (κ1) is 57.1. The minimum Gasteiger partial charge on any atom is -0.493 e. The number of rotatable bonds is 30. The maximum atomic E-state index is 6.50. The molecule has 4 rings (SSSR count). The Kier molecular flexibility index (Phi) is 20.3. The maximum Gasteiger partial charge on any atom is 0.229 e. The second-order valence-electron chi connectivity index (χ2n) is 23.3. The van der Waals surface area contributed by atoms with Crippen LogP contribution in [0.5, 0.6) is 17.2 Å². The number of hydrogen-bond donors (Lipinski definition) is 3. The van der Waals surface area contributed by atoms with Crippen molar-refractivity contribution in [2.24, 2.45) is 0 Å². The van der Waals surface area contributed by atoms with Gasteiger partial charge >= 0.3 is 0 Å². The SMILES string of the molecule is CCC(C)(C)c1ccc(OCCCNc2nc(NCCCOc3ccc(C(C)(C)CC)cc3C(C)(C)CC)nc(NCCCOc3ccc(C(C)(C)CC)cc3C(C)(C)CC)n2)c(C(C)(C)CC)c1. The molecule has 1 aromatic heterocycles. The molecule has 3 aromatic carbocycles. The highest BCUT2D eigenvalue weighted by atomic mass is 16.5. The summed E-state index contributed by atoms with van der Waals surface area (Å²) in [6.45, 7) is 45.0. The van der Waals surface area contributed by atoms with Crippen LogP contribution < -0.4 is 30.2 Å². The van der Waals surface area contributed by atoms with Crippen LogP contribution in [0.25, 0.3) is 0 Å². The molecule has 0 unspecified atom stereocenters. The quantitative estimate of drug-likeness (QED) is 0.0441. The third kappa shape index (κ3) is 15.5. The molecule has 4 aromatic rings. The van der Waals surface area contributed by atoms with Gasteiger partial charge in [-0.1, -0.05) is 161 Å². The van der Waals surface area contributed by atoms with E-state index >= 15 is 0 Å². The Morgan fingerprint density at radius 2 is 0.580 bits per heavy atom. The minimum atomic E-state index is 0.00178. The molecule has 0 saturated carbocycles. The Morgan fingerprint density at radius 3 is 0.797 bits per heavy atom. The third-order valence-electron chi connectivity index (χ3n) is 16.0. The van der Waals surface area contributed by atoms with Crippen LogP contribution in [0.2, 0.25) is 0 Å². The number of nitrogens with one attached hydrogen (secondary N) is 3. The molecule has 0 aliphatic rings. The van der Waals surface area contributed by atoms with Gasteiger partial charge < -0.3 is 30.2 Å². The molecule has 0 fully saturated rings. The number of nitrogens with zero attached hydrogens (tertiary/aromatic N) is 3. The standard InChI is InChI=1S/C60H96N6O3/c1-19-55(7,8)43-28-31-49(46(40-43)58(13,14)22-4)67-37-25-34-61-52-64-53(62-35-26-38-68-50-32-29-44(56(9,10)20-2)41-47(50)59(15,16)23-5)66-54(65-52)63-36-27-39-69-51-33-30-45(57(11,12)21-3)42-48(51)60(17,18)24-6/h28-33,40-42H,19-27,34-39H2,1-18H3,(H3,61,62,63,64,65,66). The van der Waals surface area contributed by atoms with E-state index in [-0.39, 0.29) is 32.5 Å². The first-order valence-electron chi connectivity index (χ1n) is 26.7. The molecule has 384 valence electrons. The molecule has 3 N–H and O–H groups in total. The van der Waals surface area contributed by atoms with E-state index in [4.69, 9.17) is 29.2 Å². The smallest absolute Gasteiger partial charge is 0.229 e. The Labute approximate surface area is 420 Å². The predicted molar refractivity (Wildman–Crippen MR) is 295 cm³/mol. The second-order valence-corrected chi connectivity index (χ2v) is 23.3. The van der Waals surface area contributed by atoms with Gasteiger partial charge in [0, 0.05) is 36.3 Å². The maximum absolute atomic E-state index is 6.50. The summed E-state index contributed by atoms with van der Waals surface area (Å²) in [5.41, 5.74) is 8.23. The van der Waals surface area contributed by atoms with Crippen molar-refractivity contribution in [1.82, 2.24) is 15.0 Å². The van der Waals surface area contributed by atoms with Crippen LogP contribution in [0.3, 0.4) is 0 Å². The summed E-state index contributed by atoms with van der Waals surface area (Å²) >= 11 is 0. The van der Waals surface area contributed by atoms with Crippen molar-refractivity contribution in [3.05, 3.63) is 88.0 Å². The fraction of sp³-hybridized carbons (Fsp3) is 0.650. The van der Waals surface area contributed by atoms with Crippen molar-refractivity contribution < 1.29 is 14.2 Å². The number of ether oxygens (including phenoxy) is 3. The molecule has 9 nitrogen and oxygen atoms in total. The molecule has 1 heterocycles. The highest BCUT2D eigenvalue weighted by Gasteiger charge is 2.29. The molecule has 0 radical (unpaired) electrons. The van der Waals surface area contributed by atoms with E-state index in [2.05, 4.69) is 195 Å². The van der Waals surface area contributed by atoms with Gasteiger partial charge in [0.15, 0.2) is 0 Å². The van der Waals surface area contributed by atoms with E-state index in [1.807, 2.05) is 0 Å². The van der Waals surface area contributed by atoms with Gasteiger partial charge in [-0.15, -0.1) is 0 Å². The van der Waals surface area contributed by atoms with Crippen LogP contribution in [0.1, 0.15) is 216 Å². The molecule has 0 amide bonds.